The van der Waals surface area contributed by atoms with Crippen LogP contribution in [0.5, 0.6) is 0 Å². The molecule has 0 saturated heterocycles. The molecule has 0 aliphatic rings. The second-order valence-electron chi connectivity index (χ2n) is 5.50. The number of hydrogen-bond acceptors (Lipinski definition) is 4. The highest BCUT2D eigenvalue weighted by Crippen LogP contribution is 2.33. The van der Waals surface area contributed by atoms with Crippen LogP contribution in [0.15, 0.2) is 29.6 Å². The van der Waals surface area contributed by atoms with E-state index in [1.165, 1.54) is 11.3 Å². The van der Waals surface area contributed by atoms with E-state index in [1.807, 2.05) is 24.4 Å². The van der Waals surface area contributed by atoms with Crippen molar-refractivity contribution in [2.45, 2.75) is 25.3 Å². The maximum atomic E-state index is 11.8. The third kappa shape index (κ3) is 4.06. The van der Waals surface area contributed by atoms with Gasteiger partial charge in [-0.1, -0.05) is 29.7 Å². The fraction of sp³-hybridized carbons (Fsp3) is 0.294. The molecular formula is C17H18ClN3O2S. The molecule has 5 nitrogen and oxygen atoms in total. The summed E-state index contributed by atoms with van der Waals surface area (Å²) < 4.78 is 0. The van der Waals surface area contributed by atoms with Crippen LogP contribution in [-0.4, -0.2) is 28.8 Å². The Morgan fingerprint density at radius 1 is 1.50 bits per heavy atom. The lowest BCUT2D eigenvalue weighted by Crippen LogP contribution is -2.38. The monoisotopic (exact) mass is 363 g/mol. The van der Waals surface area contributed by atoms with Crippen LogP contribution in [0.1, 0.15) is 25.1 Å². The Labute approximate surface area is 150 Å². The van der Waals surface area contributed by atoms with Gasteiger partial charge in [-0.05, 0) is 31.5 Å². The Bertz CT molecular complexity index is 754. The van der Waals surface area contributed by atoms with Crippen LogP contribution in [0.25, 0.3) is 0 Å². The van der Waals surface area contributed by atoms with Gasteiger partial charge < -0.3 is 10.4 Å². The molecule has 3 N–H and O–H groups in total. The van der Waals surface area contributed by atoms with Gasteiger partial charge in [0.1, 0.15) is 0 Å². The number of nitrogens with zero attached hydrogens (tertiary/aromatic N) is 1. The zero-order valence-electron chi connectivity index (χ0n) is 13.3. The Morgan fingerprint density at radius 2 is 2.17 bits per heavy atom. The molecule has 1 aromatic carbocycles. The Morgan fingerprint density at radius 3 is 2.75 bits per heavy atom. The van der Waals surface area contributed by atoms with Crippen molar-refractivity contribution in [1.29, 1.82) is 0 Å². The van der Waals surface area contributed by atoms with Crippen LogP contribution in [0, 0.1) is 12.3 Å². The number of carbonyl (C=O) groups excluding carboxylic acids is 1. The van der Waals surface area contributed by atoms with Gasteiger partial charge in [0.05, 0.1) is 23.8 Å². The number of aromatic nitrogens is 1. The predicted octanol–water partition coefficient (Wildman–Crippen LogP) is 3.24. The normalized spacial score (nSPS) is 14.3. The number of aliphatic hydroxyl groups excluding tert-OH is 1. The molecule has 0 fully saturated rings. The largest absolute Gasteiger partial charge is 0.394 e. The maximum absolute atomic E-state index is 11.8. The van der Waals surface area contributed by atoms with E-state index in [1.54, 1.807) is 19.1 Å². The molecule has 0 aliphatic heterocycles. The molecule has 2 atom stereocenters. The smallest absolute Gasteiger partial charge is 0.321 e. The lowest BCUT2D eigenvalue weighted by Gasteiger charge is -2.22. The molecule has 0 bridgehead atoms. The summed E-state index contributed by atoms with van der Waals surface area (Å²) in [6.07, 6.45) is 5.76. The number of hydrogen-bond donors (Lipinski definition) is 3. The van der Waals surface area contributed by atoms with E-state index in [9.17, 15) is 4.79 Å². The van der Waals surface area contributed by atoms with Gasteiger partial charge >= 0.3 is 6.03 Å². The van der Waals surface area contributed by atoms with E-state index in [-0.39, 0.29) is 12.6 Å². The molecule has 2 amide bonds. The van der Waals surface area contributed by atoms with E-state index in [2.05, 4.69) is 21.5 Å². The molecule has 1 aromatic heterocycles. The number of halogens is 1. The van der Waals surface area contributed by atoms with Gasteiger partial charge in [0, 0.05) is 10.4 Å². The SMILES string of the molecule is C#CC(C)(c1ccc(Cl)cc1)c1csc(NC(=O)NC(C)CO)n1. The van der Waals surface area contributed by atoms with Gasteiger partial charge in [0.15, 0.2) is 5.13 Å². The second-order valence-corrected chi connectivity index (χ2v) is 6.79. The predicted molar refractivity (Wildman–Crippen MR) is 97.6 cm³/mol. The van der Waals surface area contributed by atoms with Crippen molar-refractivity contribution >= 4 is 34.1 Å². The van der Waals surface area contributed by atoms with Gasteiger partial charge in [0.25, 0.3) is 0 Å². The number of amides is 2. The zero-order valence-corrected chi connectivity index (χ0v) is 14.9. The van der Waals surface area contributed by atoms with E-state index >= 15 is 0 Å². The first-order chi connectivity index (χ1) is 11.4. The van der Waals surface area contributed by atoms with Gasteiger partial charge in [-0.15, -0.1) is 17.8 Å². The molecule has 2 rings (SSSR count). The number of nitrogens with one attached hydrogen (secondary N) is 2. The molecule has 0 saturated carbocycles. The first-order valence-corrected chi connectivity index (χ1v) is 8.53. The van der Waals surface area contributed by atoms with Crippen molar-refractivity contribution in [3.63, 3.8) is 0 Å². The molecule has 24 heavy (non-hydrogen) atoms. The lowest BCUT2D eigenvalue weighted by atomic mass is 9.81. The van der Waals surface area contributed by atoms with E-state index in [0.717, 1.165) is 5.56 Å². The number of urea groups is 1. The molecule has 2 unspecified atom stereocenters. The van der Waals surface area contributed by atoms with Crippen LogP contribution in [0.3, 0.4) is 0 Å². The van der Waals surface area contributed by atoms with Gasteiger partial charge in [-0.25, -0.2) is 9.78 Å². The Kier molecular flexibility index (Phi) is 5.84. The van der Waals surface area contributed by atoms with Crippen molar-refractivity contribution in [3.05, 3.63) is 45.9 Å². The second kappa shape index (κ2) is 7.67. The van der Waals surface area contributed by atoms with E-state index in [4.69, 9.17) is 23.1 Å². The standard InChI is InChI=1S/C17H18ClN3O2S/c1-4-17(3,12-5-7-13(18)8-6-12)14-10-24-16(20-14)21-15(23)19-11(2)9-22/h1,5-8,10-11,22H,9H2,2-3H3,(H2,19,20,21,23). The summed E-state index contributed by atoms with van der Waals surface area (Å²) in [5, 5.41) is 17.1. The summed E-state index contributed by atoms with van der Waals surface area (Å²) in [5.74, 6) is 2.78. The number of benzene rings is 1. The van der Waals surface area contributed by atoms with Crippen molar-refractivity contribution in [3.8, 4) is 12.3 Å². The highest BCUT2D eigenvalue weighted by Gasteiger charge is 2.29. The van der Waals surface area contributed by atoms with Gasteiger partial charge in [-0.2, -0.15) is 0 Å². The van der Waals surface area contributed by atoms with Crippen LogP contribution < -0.4 is 10.6 Å². The highest BCUT2D eigenvalue weighted by atomic mass is 35.5. The van der Waals surface area contributed by atoms with Gasteiger partial charge in [-0.3, -0.25) is 5.32 Å². The Hall–Kier alpha value is -2.07. The number of rotatable bonds is 5. The number of anilines is 1. The van der Waals surface area contributed by atoms with Crippen molar-refractivity contribution in [1.82, 2.24) is 10.3 Å². The average Bonchev–Trinajstić information content (AvgIpc) is 3.03. The highest BCUT2D eigenvalue weighted by molar-refractivity contribution is 7.14. The molecule has 0 radical (unpaired) electrons. The third-order valence-electron chi connectivity index (χ3n) is 3.60. The minimum absolute atomic E-state index is 0.137. The Balaban J connectivity index is 2.20. The average molecular weight is 364 g/mol. The molecule has 7 heteroatoms. The van der Waals surface area contributed by atoms with Crippen LogP contribution in [0.2, 0.25) is 5.02 Å². The summed E-state index contributed by atoms with van der Waals surface area (Å²) in [4.78, 5) is 16.2. The molecule has 2 aromatic rings. The summed E-state index contributed by atoms with van der Waals surface area (Å²) in [6, 6.07) is 6.53. The molecule has 0 spiro atoms. The van der Waals surface area contributed by atoms with E-state index < -0.39 is 11.4 Å². The van der Waals surface area contributed by atoms with Gasteiger partial charge in [0.2, 0.25) is 0 Å². The molecule has 1 heterocycles. The molecule has 126 valence electrons. The van der Waals surface area contributed by atoms with Crippen LogP contribution in [0.4, 0.5) is 9.93 Å². The van der Waals surface area contributed by atoms with Crippen molar-refractivity contribution in [2.75, 3.05) is 11.9 Å². The fourth-order valence-electron chi connectivity index (χ4n) is 2.05. The van der Waals surface area contributed by atoms with Crippen molar-refractivity contribution in [2.24, 2.45) is 0 Å². The molecular weight excluding hydrogens is 346 g/mol. The summed E-state index contributed by atoms with van der Waals surface area (Å²) in [6.45, 7) is 3.45. The third-order valence-corrected chi connectivity index (χ3v) is 4.61. The summed E-state index contributed by atoms with van der Waals surface area (Å²) >= 11 is 7.21. The topological polar surface area (TPSA) is 74.2 Å². The number of aliphatic hydroxyl groups is 1. The number of carbonyl (C=O) groups is 1. The minimum atomic E-state index is -0.726. The fourth-order valence-corrected chi connectivity index (χ4v) is 2.99. The molecule has 0 aliphatic carbocycles. The lowest BCUT2D eigenvalue weighted by molar-refractivity contribution is 0.229. The van der Waals surface area contributed by atoms with Crippen LogP contribution in [-0.2, 0) is 5.41 Å². The zero-order chi connectivity index (χ0) is 17.7. The van der Waals surface area contributed by atoms with Crippen molar-refractivity contribution < 1.29 is 9.90 Å². The number of terminal acetylenes is 1. The first kappa shape index (κ1) is 18.3. The number of thiazole rings is 1. The van der Waals surface area contributed by atoms with Crippen LogP contribution >= 0.6 is 22.9 Å². The summed E-state index contributed by atoms with van der Waals surface area (Å²) in [5.41, 5.74) is 0.836. The quantitative estimate of drug-likeness (QED) is 0.714. The minimum Gasteiger partial charge on any atom is -0.394 e. The van der Waals surface area contributed by atoms with E-state index in [0.29, 0.717) is 15.8 Å². The maximum Gasteiger partial charge on any atom is 0.321 e. The summed E-state index contributed by atoms with van der Waals surface area (Å²) in [7, 11) is 0. The first-order valence-electron chi connectivity index (χ1n) is 7.27.